The molecule has 11 nitrogen and oxygen atoms in total. The second-order valence-electron chi connectivity index (χ2n) is 10.0. The average Bonchev–Trinajstić information content (AvgIpc) is 3.58. The minimum Gasteiger partial charge on any atom is -0.494 e. The van der Waals surface area contributed by atoms with Crippen molar-refractivity contribution in [1.82, 2.24) is 20.2 Å². The Balaban J connectivity index is 1.40. The van der Waals surface area contributed by atoms with Gasteiger partial charge in [0.2, 0.25) is 5.91 Å². The van der Waals surface area contributed by atoms with Gasteiger partial charge in [-0.05, 0) is 54.4 Å². The molecule has 2 aromatic carbocycles. The third-order valence-electron chi connectivity index (χ3n) is 7.27. The van der Waals surface area contributed by atoms with Crippen LogP contribution in [0.15, 0.2) is 85.0 Å². The van der Waals surface area contributed by atoms with Gasteiger partial charge in [0.1, 0.15) is 23.7 Å². The zero-order valence-corrected chi connectivity index (χ0v) is 25.6. The van der Waals surface area contributed by atoms with E-state index in [-0.39, 0.29) is 11.9 Å². The zero-order chi connectivity index (χ0) is 30.9. The second kappa shape index (κ2) is 14.5. The van der Waals surface area contributed by atoms with Crippen LogP contribution in [0.1, 0.15) is 11.8 Å². The molecule has 0 bridgehead atoms. The first-order valence-electron chi connectivity index (χ1n) is 14.4. The molecule has 1 fully saturated rings. The SMILES string of the molecule is C=CC(=O)Nc1cccc(N(C(=O)NCc2cccs2)c2cc(Nc3ccc(N4CCN(CC)CC4)cc3OC)ncn2)c1. The molecule has 1 saturated heterocycles. The number of nitrogens with zero attached hydrogens (tertiary/aromatic N) is 5. The molecule has 44 heavy (non-hydrogen) atoms. The normalized spacial score (nSPS) is 13.2. The highest BCUT2D eigenvalue weighted by molar-refractivity contribution is 7.09. The molecule has 0 spiro atoms. The first-order chi connectivity index (χ1) is 21.5. The fourth-order valence-electron chi connectivity index (χ4n) is 4.90. The van der Waals surface area contributed by atoms with Gasteiger partial charge in [0.25, 0.3) is 0 Å². The molecule has 1 aliphatic heterocycles. The Kier molecular flexibility index (Phi) is 10.1. The lowest BCUT2D eigenvalue weighted by Crippen LogP contribution is -2.46. The number of anilines is 6. The predicted octanol–water partition coefficient (Wildman–Crippen LogP) is 5.60. The van der Waals surface area contributed by atoms with Gasteiger partial charge < -0.3 is 30.5 Å². The van der Waals surface area contributed by atoms with Gasteiger partial charge in [-0.2, -0.15) is 0 Å². The molecule has 2 aromatic heterocycles. The summed E-state index contributed by atoms with van der Waals surface area (Å²) in [6.07, 6.45) is 2.59. The Hall–Kier alpha value is -4.94. The van der Waals surface area contributed by atoms with E-state index in [4.69, 9.17) is 4.74 Å². The Bertz CT molecular complexity index is 1590. The van der Waals surface area contributed by atoms with Crippen LogP contribution in [0.25, 0.3) is 0 Å². The fourth-order valence-corrected chi connectivity index (χ4v) is 5.55. The lowest BCUT2D eigenvalue weighted by atomic mass is 10.2. The highest BCUT2D eigenvalue weighted by Gasteiger charge is 2.22. The molecule has 0 unspecified atom stereocenters. The average molecular weight is 613 g/mol. The maximum Gasteiger partial charge on any atom is 0.328 e. The summed E-state index contributed by atoms with van der Waals surface area (Å²) in [5.74, 6) is 1.14. The van der Waals surface area contributed by atoms with Crippen LogP contribution in [0.3, 0.4) is 0 Å². The van der Waals surface area contributed by atoms with Crippen molar-refractivity contribution in [2.24, 2.45) is 0 Å². The number of hydrogen-bond acceptors (Lipinski definition) is 9. The number of urea groups is 1. The summed E-state index contributed by atoms with van der Waals surface area (Å²) < 4.78 is 5.74. The Labute approximate surface area is 261 Å². The van der Waals surface area contributed by atoms with E-state index in [2.05, 4.69) is 55.3 Å². The summed E-state index contributed by atoms with van der Waals surface area (Å²) in [7, 11) is 1.64. The van der Waals surface area contributed by atoms with E-state index >= 15 is 0 Å². The standard InChI is InChI=1S/C32H36N8O3S/c1-4-31(41)36-23-8-6-9-25(18-23)40(32(42)33-21-26-10-7-17-44-26)30-20-29(34-22-35-30)37-27-12-11-24(19-28(27)43-3)39-15-13-38(5-2)14-16-39/h4,6-12,17-20,22H,1,5,13-16,21H2,2-3H3,(H,33,42)(H,36,41)(H,34,35,37). The van der Waals surface area contributed by atoms with E-state index in [1.807, 2.05) is 29.6 Å². The minimum atomic E-state index is -0.389. The topological polar surface area (TPSA) is 115 Å². The molecule has 3 heterocycles. The molecule has 3 N–H and O–H groups in total. The maximum atomic E-state index is 13.6. The van der Waals surface area contributed by atoms with Gasteiger partial charge in [-0.25, -0.2) is 19.7 Å². The molecular formula is C32H36N8O3S. The first-order valence-corrected chi connectivity index (χ1v) is 15.2. The quantitative estimate of drug-likeness (QED) is 0.188. The van der Waals surface area contributed by atoms with E-state index in [1.165, 1.54) is 17.3 Å². The summed E-state index contributed by atoms with van der Waals surface area (Å²) in [6.45, 7) is 11.1. The third kappa shape index (κ3) is 7.52. The van der Waals surface area contributed by atoms with Crippen LogP contribution in [-0.4, -0.2) is 66.6 Å². The van der Waals surface area contributed by atoms with Crippen molar-refractivity contribution >= 4 is 57.7 Å². The molecule has 0 atom stereocenters. The molecule has 3 amide bonds. The Morgan fingerprint density at radius 3 is 2.64 bits per heavy atom. The minimum absolute atomic E-state index is 0.336. The number of amides is 3. The van der Waals surface area contributed by atoms with Crippen LogP contribution >= 0.6 is 11.3 Å². The molecule has 0 aliphatic carbocycles. The number of aromatic nitrogens is 2. The number of rotatable bonds is 11. The number of hydrogen-bond donors (Lipinski definition) is 3. The van der Waals surface area contributed by atoms with Crippen molar-refractivity contribution in [1.29, 1.82) is 0 Å². The Morgan fingerprint density at radius 2 is 1.91 bits per heavy atom. The number of likely N-dealkylation sites (N-methyl/N-ethyl adjacent to an activating group) is 1. The molecule has 228 valence electrons. The summed E-state index contributed by atoms with van der Waals surface area (Å²) in [4.78, 5) is 41.7. The number of carbonyl (C=O) groups is 2. The summed E-state index contributed by atoms with van der Waals surface area (Å²) >= 11 is 1.56. The number of benzene rings is 2. The highest BCUT2D eigenvalue weighted by atomic mass is 32.1. The van der Waals surface area contributed by atoms with E-state index in [1.54, 1.807) is 48.8 Å². The maximum absolute atomic E-state index is 13.6. The Morgan fingerprint density at radius 1 is 1.07 bits per heavy atom. The van der Waals surface area contributed by atoms with Gasteiger partial charge >= 0.3 is 6.03 Å². The van der Waals surface area contributed by atoms with Gasteiger partial charge in [0, 0.05) is 54.6 Å². The van der Waals surface area contributed by atoms with E-state index in [0.717, 1.165) is 49.0 Å². The molecule has 0 radical (unpaired) electrons. The second-order valence-corrected chi connectivity index (χ2v) is 11.0. The molecule has 12 heteroatoms. The number of carbonyl (C=O) groups excluding carboxylic acids is 2. The van der Waals surface area contributed by atoms with E-state index in [0.29, 0.717) is 35.3 Å². The number of piperazine rings is 1. The van der Waals surface area contributed by atoms with Crippen LogP contribution in [0, 0.1) is 0 Å². The molecule has 0 saturated carbocycles. The van der Waals surface area contributed by atoms with Crippen LogP contribution in [-0.2, 0) is 11.3 Å². The predicted molar refractivity (Wildman–Crippen MR) is 177 cm³/mol. The number of thiophene rings is 1. The van der Waals surface area contributed by atoms with Gasteiger partial charge in [0.05, 0.1) is 25.0 Å². The van der Waals surface area contributed by atoms with Crippen molar-refractivity contribution in [3.8, 4) is 5.75 Å². The van der Waals surface area contributed by atoms with Crippen molar-refractivity contribution < 1.29 is 14.3 Å². The fraction of sp³-hybridized carbons (Fsp3) is 0.250. The van der Waals surface area contributed by atoms with Crippen LogP contribution in [0.2, 0.25) is 0 Å². The number of nitrogens with one attached hydrogen (secondary N) is 3. The number of ether oxygens (including phenoxy) is 1. The molecular weight excluding hydrogens is 576 g/mol. The summed E-state index contributed by atoms with van der Waals surface area (Å²) in [5, 5.41) is 11.0. The van der Waals surface area contributed by atoms with Gasteiger partial charge in [0.15, 0.2) is 0 Å². The first kappa shape index (κ1) is 30.5. The van der Waals surface area contributed by atoms with Gasteiger partial charge in [-0.1, -0.05) is 25.6 Å². The van der Waals surface area contributed by atoms with E-state index in [9.17, 15) is 9.59 Å². The van der Waals surface area contributed by atoms with Crippen molar-refractivity contribution in [2.75, 3.05) is 60.3 Å². The van der Waals surface area contributed by atoms with Crippen molar-refractivity contribution in [2.45, 2.75) is 13.5 Å². The highest BCUT2D eigenvalue weighted by Crippen LogP contribution is 2.33. The monoisotopic (exact) mass is 612 g/mol. The lowest BCUT2D eigenvalue weighted by Gasteiger charge is -2.35. The zero-order valence-electron chi connectivity index (χ0n) is 24.8. The van der Waals surface area contributed by atoms with Crippen LogP contribution in [0.5, 0.6) is 5.75 Å². The van der Waals surface area contributed by atoms with Gasteiger partial charge in [-0.15, -0.1) is 11.3 Å². The van der Waals surface area contributed by atoms with Gasteiger partial charge in [-0.3, -0.25) is 4.79 Å². The lowest BCUT2D eigenvalue weighted by molar-refractivity contribution is -0.111. The van der Waals surface area contributed by atoms with Crippen molar-refractivity contribution in [3.63, 3.8) is 0 Å². The molecule has 4 aromatic rings. The van der Waals surface area contributed by atoms with Crippen LogP contribution in [0.4, 0.5) is 39.2 Å². The number of methoxy groups -OCH3 is 1. The van der Waals surface area contributed by atoms with E-state index < -0.39 is 0 Å². The molecule has 1 aliphatic rings. The summed E-state index contributed by atoms with van der Waals surface area (Å²) in [6, 6.07) is 18.2. The van der Waals surface area contributed by atoms with Crippen LogP contribution < -0.4 is 30.5 Å². The third-order valence-corrected chi connectivity index (χ3v) is 8.14. The smallest absolute Gasteiger partial charge is 0.328 e. The summed E-state index contributed by atoms with van der Waals surface area (Å²) in [5.41, 5.74) is 2.85. The largest absolute Gasteiger partial charge is 0.494 e. The van der Waals surface area contributed by atoms with Crippen molar-refractivity contribution in [3.05, 3.63) is 89.9 Å². The molecule has 5 rings (SSSR count).